The number of hydrogen-bond donors (Lipinski definition) is 1. The molecule has 23 heavy (non-hydrogen) atoms. The quantitative estimate of drug-likeness (QED) is 0.815. The molecule has 2 fully saturated rings. The fourth-order valence-corrected chi connectivity index (χ4v) is 3.26. The van der Waals surface area contributed by atoms with E-state index in [1.807, 2.05) is 25.7 Å². The number of nitrogens with one attached hydrogen (secondary N) is 1. The zero-order valence-corrected chi connectivity index (χ0v) is 15.4. The molecule has 0 aromatic rings. The molecule has 1 heterocycles. The van der Waals surface area contributed by atoms with E-state index < -0.39 is 5.60 Å². The number of piperazine rings is 1. The molecular weight excluding hydrogens is 290 g/mol. The Hall–Kier alpha value is -0.810. The molecule has 0 radical (unpaired) electrons. The van der Waals surface area contributed by atoms with E-state index in [0.717, 1.165) is 45.2 Å². The summed E-state index contributed by atoms with van der Waals surface area (Å²) in [5.41, 5.74) is -0.408. The molecule has 2 aliphatic rings. The Balaban J connectivity index is 1.56. The van der Waals surface area contributed by atoms with Gasteiger partial charge in [0.05, 0.1) is 0 Å². The van der Waals surface area contributed by atoms with Crippen LogP contribution in [0.4, 0.5) is 4.79 Å². The molecule has 0 aromatic carbocycles. The van der Waals surface area contributed by atoms with Gasteiger partial charge in [-0.15, -0.1) is 0 Å². The molecule has 0 bridgehead atoms. The Morgan fingerprint density at radius 2 is 1.87 bits per heavy atom. The highest BCUT2D eigenvalue weighted by atomic mass is 16.6. The third kappa shape index (κ3) is 6.68. The highest BCUT2D eigenvalue weighted by molar-refractivity contribution is 5.68. The van der Waals surface area contributed by atoms with E-state index in [9.17, 15) is 4.79 Å². The van der Waals surface area contributed by atoms with Gasteiger partial charge < -0.3 is 15.0 Å². The molecule has 0 aromatic heterocycles. The largest absolute Gasteiger partial charge is 0.444 e. The molecule has 1 amide bonds. The van der Waals surface area contributed by atoms with E-state index in [4.69, 9.17) is 4.74 Å². The van der Waals surface area contributed by atoms with Crippen molar-refractivity contribution in [3.05, 3.63) is 0 Å². The lowest BCUT2D eigenvalue weighted by atomic mass is 9.81. The highest BCUT2D eigenvalue weighted by Gasteiger charge is 2.25. The van der Waals surface area contributed by atoms with E-state index in [-0.39, 0.29) is 6.09 Å². The van der Waals surface area contributed by atoms with Gasteiger partial charge >= 0.3 is 6.09 Å². The first-order valence-corrected chi connectivity index (χ1v) is 9.27. The van der Waals surface area contributed by atoms with Gasteiger partial charge in [-0.3, -0.25) is 4.90 Å². The molecule has 0 spiro atoms. The van der Waals surface area contributed by atoms with Crippen molar-refractivity contribution in [2.75, 3.05) is 39.3 Å². The maximum atomic E-state index is 12.0. The normalized spacial score (nSPS) is 21.8. The SMILES string of the molecule is CC(CC1CCC1)NCCN1CCN(C(=O)OC(C)(C)C)CC1. The Morgan fingerprint density at radius 3 is 2.39 bits per heavy atom. The van der Waals surface area contributed by atoms with Crippen LogP contribution in [0.3, 0.4) is 0 Å². The van der Waals surface area contributed by atoms with Gasteiger partial charge in [-0.05, 0) is 40.0 Å². The van der Waals surface area contributed by atoms with Crippen molar-refractivity contribution in [2.45, 2.75) is 65.0 Å². The number of amides is 1. The van der Waals surface area contributed by atoms with Gasteiger partial charge in [-0.1, -0.05) is 19.3 Å². The standard InChI is InChI=1S/C18H35N3O2/c1-15(14-16-6-5-7-16)19-8-9-20-10-12-21(13-11-20)17(22)23-18(2,3)4/h15-16,19H,5-14H2,1-4H3. The first-order valence-electron chi connectivity index (χ1n) is 9.27. The van der Waals surface area contributed by atoms with Crippen LogP contribution in [0.1, 0.15) is 53.4 Å². The van der Waals surface area contributed by atoms with Crippen LogP contribution < -0.4 is 5.32 Å². The summed E-state index contributed by atoms with van der Waals surface area (Å²) >= 11 is 0. The van der Waals surface area contributed by atoms with Crippen LogP contribution in [-0.4, -0.2) is 66.8 Å². The summed E-state index contributed by atoms with van der Waals surface area (Å²) in [6.45, 7) is 13.6. The lowest BCUT2D eigenvalue weighted by molar-refractivity contribution is 0.0146. The number of nitrogens with zero attached hydrogens (tertiary/aromatic N) is 2. The summed E-state index contributed by atoms with van der Waals surface area (Å²) in [6.07, 6.45) is 5.44. The first kappa shape index (κ1) is 18.5. The van der Waals surface area contributed by atoms with Crippen LogP contribution in [0.5, 0.6) is 0 Å². The van der Waals surface area contributed by atoms with Crippen LogP contribution in [0.25, 0.3) is 0 Å². The topological polar surface area (TPSA) is 44.8 Å². The predicted molar refractivity (Wildman–Crippen MR) is 93.7 cm³/mol. The van der Waals surface area contributed by atoms with E-state index in [2.05, 4.69) is 17.1 Å². The number of carbonyl (C=O) groups is 1. The van der Waals surface area contributed by atoms with Crippen molar-refractivity contribution in [1.82, 2.24) is 15.1 Å². The molecule has 134 valence electrons. The van der Waals surface area contributed by atoms with Crippen molar-refractivity contribution in [2.24, 2.45) is 5.92 Å². The average molecular weight is 325 g/mol. The Morgan fingerprint density at radius 1 is 1.22 bits per heavy atom. The summed E-state index contributed by atoms with van der Waals surface area (Å²) < 4.78 is 5.43. The number of ether oxygens (including phenoxy) is 1. The van der Waals surface area contributed by atoms with Crippen molar-refractivity contribution >= 4 is 6.09 Å². The summed E-state index contributed by atoms with van der Waals surface area (Å²) in [5.74, 6) is 0.967. The Kier molecular flexibility index (Phi) is 6.72. The summed E-state index contributed by atoms with van der Waals surface area (Å²) in [6, 6.07) is 0.628. The van der Waals surface area contributed by atoms with E-state index in [1.165, 1.54) is 25.7 Å². The van der Waals surface area contributed by atoms with E-state index in [1.54, 1.807) is 0 Å². The van der Waals surface area contributed by atoms with Gasteiger partial charge in [-0.25, -0.2) is 4.79 Å². The molecule has 1 aliphatic carbocycles. The highest BCUT2D eigenvalue weighted by Crippen LogP contribution is 2.30. The summed E-state index contributed by atoms with van der Waals surface area (Å²) in [7, 11) is 0. The van der Waals surface area contributed by atoms with Crippen LogP contribution in [0.15, 0.2) is 0 Å². The predicted octanol–water partition coefficient (Wildman–Crippen LogP) is 2.71. The van der Waals surface area contributed by atoms with Crippen molar-refractivity contribution in [3.8, 4) is 0 Å². The number of carbonyl (C=O) groups excluding carboxylic acids is 1. The fraction of sp³-hybridized carbons (Fsp3) is 0.944. The molecule has 5 nitrogen and oxygen atoms in total. The fourth-order valence-electron chi connectivity index (χ4n) is 3.26. The van der Waals surface area contributed by atoms with Crippen molar-refractivity contribution in [3.63, 3.8) is 0 Å². The maximum absolute atomic E-state index is 12.0. The van der Waals surface area contributed by atoms with Crippen LogP contribution >= 0.6 is 0 Å². The van der Waals surface area contributed by atoms with Crippen molar-refractivity contribution in [1.29, 1.82) is 0 Å². The minimum Gasteiger partial charge on any atom is -0.444 e. The monoisotopic (exact) mass is 325 g/mol. The van der Waals surface area contributed by atoms with Crippen LogP contribution in [0.2, 0.25) is 0 Å². The molecule has 1 saturated carbocycles. The van der Waals surface area contributed by atoms with Crippen molar-refractivity contribution < 1.29 is 9.53 Å². The molecule has 1 saturated heterocycles. The zero-order valence-electron chi connectivity index (χ0n) is 15.4. The second-order valence-corrected chi connectivity index (χ2v) is 8.20. The average Bonchev–Trinajstić information content (AvgIpc) is 2.42. The molecule has 1 N–H and O–H groups in total. The third-order valence-corrected chi connectivity index (χ3v) is 4.86. The van der Waals surface area contributed by atoms with Gasteiger partial charge in [0.2, 0.25) is 0 Å². The molecule has 5 heteroatoms. The smallest absolute Gasteiger partial charge is 0.410 e. The Bertz CT molecular complexity index is 369. The van der Waals surface area contributed by atoms with Gasteiger partial charge in [0.15, 0.2) is 0 Å². The summed E-state index contributed by atoms with van der Waals surface area (Å²) in [5, 5.41) is 3.65. The van der Waals surface area contributed by atoms with E-state index in [0.29, 0.717) is 6.04 Å². The second kappa shape index (κ2) is 8.34. The van der Waals surface area contributed by atoms with Gasteiger partial charge in [0, 0.05) is 45.3 Å². The lowest BCUT2D eigenvalue weighted by Crippen LogP contribution is -2.51. The van der Waals surface area contributed by atoms with Crippen LogP contribution in [-0.2, 0) is 4.74 Å². The Labute approximate surface area is 141 Å². The van der Waals surface area contributed by atoms with Crippen LogP contribution in [0, 0.1) is 5.92 Å². The minimum atomic E-state index is -0.408. The molecule has 1 aliphatic heterocycles. The summed E-state index contributed by atoms with van der Waals surface area (Å²) in [4.78, 5) is 16.3. The number of hydrogen-bond acceptors (Lipinski definition) is 4. The van der Waals surface area contributed by atoms with E-state index >= 15 is 0 Å². The number of rotatable bonds is 6. The van der Waals surface area contributed by atoms with Gasteiger partial charge in [0.1, 0.15) is 5.60 Å². The molecular formula is C18H35N3O2. The minimum absolute atomic E-state index is 0.176. The first-order chi connectivity index (χ1) is 10.8. The molecule has 1 atom stereocenters. The third-order valence-electron chi connectivity index (χ3n) is 4.86. The molecule has 1 unspecified atom stereocenters. The molecule has 2 rings (SSSR count). The van der Waals surface area contributed by atoms with Gasteiger partial charge in [-0.2, -0.15) is 0 Å². The lowest BCUT2D eigenvalue weighted by Gasteiger charge is -2.36. The zero-order chi connectivity index (χ0) is 16.9. The second-order valence-electron chi connectivity index (χ2n) is 8.20. The van der Waals surface area contributed by atoms with Gasteiger partial charge in [0.25, 0.3) is 0 Å². The maximum Gasteiger partial charge on any atom is 0.410 e.